The topological polar surface area (TPSA) is 54.0 Å². The van der Waals surface area contributed by atoms with Crippen LogP contribution >= 0.6 is 23.2 Å². The fraction of sp³-hybridized carbons (Fsp3) is 0.250. The summed E-state index contributed by atoms with van der Waals surface area (Å²) in [6, 6.07) is 9.15. The van der Waals surface area contributed by atoms with E-state index in [0.29, 0.717) is 36.1 Å². The largest absolute Gasteiger partial charge is 0.352 e. The Bertz CT molecular complexity index is 620. The monoisotopic (exact) mass is 337 g/mol. The zero-order valence-corrected chi connectivity index (χ0v) is 13.5. The summed E-state index contributed by atoms with van der Waals surface area (Å²) in [7, 11) is 0. The molecule has 0 saturated carbocycles. The molecule has 1 aromatic carbocycles. The second-order valence-electron chi connectivity index (χ2n) is 4.80. The molecular weight excluding hydrogens is 321 g/mol. The molecule has 0 atom stereocenters. The second kappa shape index (κ2) is 8.73. The Hall–Kier alpha value is -1.62. The molecule has 2 aromatic rings. The van der Waals surface area contributed by atoms with Gasteiger partial charge in [-0.25, -0.2) is 0 Å². The van der Waals surface area contributed by atoms with Crippen LogP contribution in [0.25, 0.3) is 0 Å². The third-order valence-corrected chi connectivity index (χ3v) is 3.66. The van der Waals surface area contributed by atoms with Crippen LogP contribution < -0.4 is 10.6 Å². The molecule has 4 nitrogen and oxygen atoms in total. The zero-order chi connectivity index (χ0) is 15.8. The van der Waals surface area contributed by atoms with E-state index in [0.717, 1.165) is 11.1 Å². The summed E-state index contributed by atoms with van der Waals surface area (Å²) in [5.41, 5.74) is 1.94. The first-order valence-corrected chi connectivity index (χ1v) is 7.71. The van der Waals surface area contributed by atoms with E-state index in [9.17, 15) is 4.79 Å². The number of hydrogen-bond donors (Lipinski definition) is 2. The number of hydrogen-bond acceptors (Lipinski definition) is 3. The zero-order valence-electron chi connectivity index (χ0n) is 12.0. The summed E-state index contributed by atoms with van der Waals surface area (Å²) in [6.45, 7) is 1.68. The minimum atomic E-state index is -0.00134. The van der Waals surface area contributed by atoms with Gasteiger partial charge in [-0.05, 0) is 29.3 Å². The summed E-state index contributed by atoms with van der Waals surface area (Å²) >= 11 is 11.9. The number of rotatable bonds is 7. The average molecular weight is 338 g/mol. The fourth-order valence-electron chi connectivity index (χ4n) is 1.88. The van der Waals surface area contributed by atoms with Crippen molar-refractivity contribution in [2.24, 2.45) is 0 Å². The van der Waals surface area contributed by atoms with Crippen molar-refractivity contribution < 1.29 is 4.79 Å². The molecular formula is C16H17Cl2N3O. The highest BCUT2D eigenvalue weighted by Gasteiger charge is 2.03. The summed E-state index contributed by atoms with van der Waals surface area (Å²) in [6.07, 6.45) is 3.85. The van der Waals surface area contributed by atoms with Crippen LogP contribution in [0.1, 0.15) is 17.5 Å². The predicted molar refractivity (Wildman–Crippen MR) is 88.9 cm³/mol. The molecule has 22 heavy (non-hydrogen) atoms. The third-order valence-electron chi connectivity index (χ3n) is 3.07. The van der Waals surface area contributed by atoms with Crippen molar-refractivity contribution in [3.63, 3.8) is 0 Å². The molecule has 6 heteroatoms. The summed E-state index contributed by atoms with van der Waals surface area (Å²) < 4.78 is 0. The first-order valence-electron chi connectivity index (χ1n) is 6.95. The molecule has 0 saturated heterocycles. The average Bonchev–Trinajstić information content (AvgIpc) is 2.52. The van der Waals surface area contributed by atoms with Crippen LogP contribution in [0.4, 0.5) is 0 Å². The van der Waals surface area contributed by atoms with Gasteiger partial charge in [-0.1, -0.05) is 35.3 Å². The maximum absolute atomic E-state index is 11.7. The number of nitrogens with one attached hydrogen (secondary N) is 2. The van der Waals surface area contributed by atoms with Crippen molar-refractivity contribution in [3.8, 4) is 0 Å². The van der Waals surface area contributed by atoms with E-state index in [-0.39, 0.29) is 5.91 Å². The third kappa shape index (κ3) is 5.64. The Morgan fingerprint density at radius 2 is 2.05 bits per heavy atom. The molecule has 0 fully saturated rings. The molecule has 0 bridgehead atoms. The van der Waals surface area contributed by atoms with Gasteiger partial charge in [0.15, 0.2) is 0 Å². The fourth-order valence-corrected chi connectivity index (χ4v) is 2.36. The molecule has 0 radical (unpaired) electrons. The van der Waals surface area contributed by atoms with Gasteiger partial charge >= 0.3 is 0 Å². The standard InChI is InChI=1S/C16H17Cl2N3O/c17-14-4-3-13(15(18)8-14)11-20-7-5-16(22)21-10-12-2-1-6-19-9-12/h1-4,6,8-9,20H,5,7,10-11H2,(H,21,22). The van der Waals surface area contributed by atoms with E-state index in [2.05, 4.69) is 15.6 Å². The summed E-state index contributed by atoms with van der Waals surface area (Å²) in [5, 5.41) is 7.28. The van der Waals surface area contributed by atoms with Crippen LogP contribution in [-0.2, 0) is 17.9 Å². The number of benzene rings is 1. The van der Waals surface area contributed by atoms with E-state index in [4.69, 9.17) is 23.2 Å². The lowest BCUT2D eigenvalue weighted by molar-refractivity contribution is -0.121. The maximum atomic E-state index is 11.7. The van der Waals surface area contributed by atoms with E-state index < -0.39 is 0 Å². The quantitative estimate of drug-likeness (QED) is 0.763. The second-order valence-corrected chi connectivity index (χ2v) is 5.64. The van der Waals surface area contributed by atoms with E-state index in [1.807, 2.05) is 18.2 Å². The number of pyridine rings is 1. The Morgan fingerprint density at radius 1 is 1.18 bits per heavy atom. The minimum Gasteiger partial charge on any atom is -0.352 e. The molecule has 0 aliphatic rings. The molecule has 0 aliphatic carbocycles. The number of halogens is 2. The highest BCUT2D eigenvalue weighted by Crippen LogP contribution is 2.20. The molecule has 0 spiro atoms. The van der Waals surface area contributed by atoms with Gasteiger partial charge < -0.3 is 10.6 Å². The summed E-state index contributed by atoms with van der Waals surface area (Å²) in [4.78, 5) is 15.7. The van der Waals surface area contributed by atoms with Crippen LogP contribution in [0.5, 0.6) is 0 Å². The van der Waals surface area contributed by atoms with Gasteiger partial charge in [-0.3, -0.25) is 9.78 Å². The predicted octanol–water partition coefficient (Wildman–Crippen LogP) is 3.18. The SMILES string of the molecule is O=C(CCNCc1ccc(Cl)cc1Cl)NCc1cccnc1. The van der Waals surface area contributed by atoms with Crippen LogP contribution in [0.2, 0.25) is 10.0 Å². The van der Waals surface area contributed by atoms with Gasteiger partial charge in [-0.15, -0.1) is 0 Å². The first kappa shape index (κ1) is 16.7. The number of amides is 1. The van der Waals surface area contributed by atoms with E-state index in [1.165, 1.54) is 0 Å². The Labute approximate surface area is 139 Å². The van der Waals surface area contributed by atoms with Gasteiger partial charge in [0, 0.05) is 48.5 Å². The van der Waals surface area contributed by atoms with E-state index >= 15 is 0 Å². The Morgan fingerprint density at radius 3 is 2.77 bits per heavy atom. The lowest BCUT2D eigenvalue weighted by Crippen LogP contribution is -2.27. The van der Waals surface area contributed by atoms with Gasteiger partial charge in [-0.2, -0.15) is 0 Å². The van der Waals surface area contributed by atoms with Crippen LogP contribution in [0.15, 0.2) is 42.7 Å². The molecule has 1 aromatic heterocycles. The summed E-state index contributed by atoms with van der Waals surface area (Å²) in [5.74, 6) is -0.00134. The molecule has 2 N–H and O–H groups in total. The van der Waals surface area contributed by atoms with Crippen molar-refractivity contribution in [1.29, 1.82) is 0 Å². The maximum Gasteiger partial charge on any atom is 0.221 e. The Kier molecular flexibility index (Phi) is 6.65. The molecule has 1 heterocycles. The van der Waals surface area contributed by atoms with Crippen molar-refractivity contribution in [3.05, 3.63) is 63.9 Å². The van der Waals surface area contributed by atoms with Gasteiger partial charge in [0.1, 0.15) is 0 Å². The molecule has 0 aliphatic heterocycles. The lowest BCUT2D eigenvalue weighted by atomic mass is 10.2. The van der Waals surface area contributed by atoms with Crippen molar-refractivity contribution in [2.45, 2.75) is 19.5 Å². The Balaban J connectivity index is 1.65. The van der Waals surface area contributed by atoms with Crippen LogP contribution in [0.3, 0.4) is 0 Å². The number of aromatic nitrogens is 1. The van der Waals surface area contributed by atoms with Crippen molar-refractivity contribution in [1.82, 2.24) is 15.6 Å². The van der Waals surface area contributed by atoms with E-state index in [1.54, 1.807) is 24.5 Å². The van der Waals surface area contributed by atoms with Crippen molar-refractivity contribution in [2.75, 3.05) is 6.54 Å². The van der Waals surface area contributed by atoms with Gasteiger partial charge in [0.2, 0.25) is 5.91 Å². The number of carbonyl (C=O) groups excluding carboxylic acids is 1. The molecule has 0 unspecified atom stereocenters. The van der Waals surface area contributed by atoms with Gasteiger partial charge in [0.05, 0.1) is 0 Å². The van der Waals surface area contributed by atoms with Crippen LogP contribution in [0, 0.1) is 0 Å². The molecule has 1 amide bonds. The first-order chi connectivity index (χ1) is 10.6. The number of carbonyl (C=O) groups is 1. The van der Waals surface area contributed by atoms with Gasteiger partial charge in [0.25, 0.3) is 0 Å². The molecule has 116 valence electrons. The lowest BCUT2D eigenvalue weighted by Gasteiger charge is -2.08. The highest BCUT2D eigenvalue weighted by molar-refractivity contribution is 6.35. The minimum absolute atomic E-state index is 0.00134. The normalized spacial score (nSPS) is 10.5. The molecule has 2 rings (SSSR count). The smallest absolute Gasteiger partial charge is 0.221 e. The van der Waals surface area contributed by atoms with Crippen LogP contribution in [-0.4, -0.2) is 17.4 Å². The number of nitrogens with zero attached hydrogens (tertiary/aromatic N) is 1. The van der Waals surface area contributed by atoms with Crippen molar-refractivity contribution >= 4 is 29.1 Å². The highest BCUT2D eigenvalue weighted by atomic mass is 35.5.